The maximum Gasteiger partial charge on any atom is 0.202 e. The average molecular weight is 392 g/mol. The Balaban J connectivity index is 1.65. The number of nitrogens with zero attached hydrogens (tertiary/aromatic N) is 1. The largest absolute Gasteiger partial charge is 0.340 e. The number of hydrogen-bond donors (Lipinski definition) is 2. The zero-order valence-electron chi connectivity index (χ0n) is 17.9. The Labute approximate surface area is 174 Å². The Bertz CT molecular complexity index is 901. The summed E-state index contributed by atoms with van der Waals surface area (Å²) >= 11 is 0. The van der Waals surface area contributed by atoms with Crippen LogP contribution in [0.25, 0.3) is 5.57 Å². The van der Waals surface area contributed by atoms with E-state index in [9.17, 15) is 4.79 Å². The molecule has 4 rings (SSSR count). The number of H-pyrrole nitrogens is 1. The van der Waals surface area contributed by atoms with Gasteiger partial charge < -0.3 is 10.3 Å². The summed E-state index contributed by atoms with van der Waals surface area (Å²) in [6.07, 6.45) is 11.6. The highest BCUT2D eigenvalue weighted by Gasteiger charge is 2.25. The average Bonchev–Trinajstić information content (AvgIpc) is 3.15. The van der Waals surface area contributed by atoms with Gasteiger partial charge in [0.15, 0.2) is 5.82 Å². The first kappa shape index (κ1) is 20.1. The van der Waals surface area contributed by atoms with Crippen LogP contribution in [0.4, 0.5) is 0 Å². The number of imidazole rings is 1. The first-order chi connectivity index (χ1) is 14.0. The van der Waals surface area contributed by atoms with Crippen molar-refractivity contribution in [3.63, 3.8) is 0 Å². The van der Waals surface area contributed by atoms with Gasteiger partial charge >= 0.3 is 0 Å². The smallest absolute Gasteiger partial charge is 0.202 e. The van der Waals surface area contributed by atoms with Gasteiger partial charge in [0.25, 0.3) is 0 Å². The summed E-state index contributed by atoms with van der Waals surface area (Å²) in [6, 6.07) is 7.94. The van der Waals surface area contributed by atoms with Crippen LogP contribution in [-0.4, -0.2) is 27.8 Å². The van der Waals surface area contributed by atoms with Crippen LogP contribution < -0.4 is 5.32 Å². The van der Waals surface area contributed by atoms with Crippen molar-refractivity contribution in [1.82, 2.24) is 15.3 Å². The van der Waals surface area contributed by atoms with Gasteiger partial charge in [-0.25, -0.2) is 4.98 Å². The molecule has 1 aromatic heterocycles. The predicted molar refractivity (Wildman–Crippen MR) is 118 cm³/mol. The lowest BCUT2D eigenvalue weighted by Crippen LogP contribution is -2.41. The van der Waals surface area contributed by atoms with Gasteiger partial charge in [-0.1, -0.05) is 24.3 Å². The Hall–Kier alpha value is -2.20. The lowest BCUT2D eigenvalue weighted by Gasteiger charge is -2.33. The summed E-state index contributed by atoms with van der Waals surface area (Å²) in [5.41, 5.74) is 6.20. The fraction of sp³-hybridized carbons (Fsp3) is 0.520. The van der Waals surface area contributed by atoms with Gasteiger partial charge in [-0.05, 0) is 87.5 Å². The fourth-order valence-corrected chi connectivity index (χ4v) is 5.04. The Morgan fingerprint density at radius 1 is 1.17 bits per heavy atom. The number of carbonyl (C=O) groups is 1. The van der Waals surface area contributed by atoms with E-state index in [0.717, 1.165) is 24.1 Å². The molecule has 1 fully saturated rings. The second-order valence-electron chi connectivity index (χ2n) is 9.04. The molecule has 0 amide bonds. The van der Waals surface area contributed by atoms with Crippen LogP contribution in [0.5, 0.6) is 0 Å². The third kappa shape index (κ3) is 4.69. The number of aromatic amines is 1. The third-order valence-electron chi connectivity index (χ3n) is 6.41. The van der Waals surface area contributed by atoms with E-state index in [1.54, 1.807) is 6.20 Å². The molecular formula is C25H33N3O. The molecule has 0 saturated carbocycles. The molecule has 2 N–H and O–H groups in total. The summed E-state index contributed by atoms with van der Waals surface area (Å²) in [7, 11) is 0. The summed E-state index contributed by atoms with van der Waals surface area (Å²) < 4.78 is 0. The lowest BCUT2D eigenvalue weighted by molar-refractivity contribution is 0.0984. The molecule has 0 bridgehead atoms. The summed E-state index contributed by atoms with van der Waals surface area (Å²) in [5.74, 6) is 1.12. The number of hydrogen-bond acceptors (Lipinski definition) is 3. The van der Waals surface area contributed by atoms with Crippen molar-refractivity contribution in [2.45, 2.75) is 83.7 Å². The molecule has 1 aromatic carbocycles. The Morgan fingerprint density at radius 3 is 2.62 bits per heavy atom. The molecule has 154 valence electrons. The maximum absolute atomic E-state index is 12.8. The van der Waals surface area contributed by atoms with E-state index in [4.69, 9.17) is 0 Å². The van der Waals surface area contributed by atoms with E-state index >= 15 is 0 Å². The van der Waals surface area contributed by atoms with Crippen LogP contribution >= 0.6 is 0 Å². The zero-order chi connectivity index (χ0) is 20.4. The van der Waals surface area contributed by atoms with Crippen LogP contribution in [0.15, 0.2) is 30.5 Å². The second kappa shape index (κ2) is 8.66. The molecule has 4 nitrogen and oxygen atoms in total. The Kier molecular flexibility index (Phi) is 6.00. The number of aromatic nitrogens is 2. The minimum Gasteiger partial charge on any atom is -0.340 e. The second-order valence-corrected chi connectivity index (χ2v) is 9.04. The molecule has 1 aliphatic carbocycles. The van der Waals surface area contributed by atoms with E-state index in [2.05, 4.69) is 53.4 Å². The van der Waals surface area contributed by atoms with Crippen LogP contribution in [0.1, 0.15) is 91.3 Å². The van der Waals surface area contributed by atoms with Crippen molar-refractivity contribution in [3.05, 3.63) is 58.7 Å². The van der Waals surface area contributed by atoms with E-state index in [-0.39, 0.29) is 5.78 Å². The first-order valence-corrected chi connectivity index (χ1v) is 11.1. The number of rotatable bonds is 5. The van der Waals surface area contributed by atoms with Crippen LogP contribution in [0.3, 0.4) is 0 Å². The molecule has 1 unspecified atom stereocenters. The first-order valence-electron chi connectivity index (χ1n) is 11.1. The number of carbonyl (C=O) groups excluding carboxylic acids is 1. The molecule has 1 aliphatic heterocycles. The topological polar surface area (TPSA) is 57.8 Å². The van der Waals surface area contributed by atoms with Gasteiger partial charge in [-0.3, -0.25) is 4.79 Å². The maximum atomic E-state index is 12.8. The lowest BCUT2D eigenvalue weighted by atomic mass is 9.81. The molecule has 4 heteroatoms. The van der Waals surface area contributed by atoms with E-state index < -0.39 is 0 Å². The molecule has 29 heavy (non-hydrogen) atoms. The quantitative estimate of drug-likeness (QED) is 0.676. The predicted octanol–water partition coefficient (Wildman–Crippen LogP) is 5.34. The third-order valence-corrected chi connectivity index (χ3v) is 6.41. The monoisotopic (exact) mass is 391 g/mol. The van der Waals surface area contributed by atoms with Gasteiger partial charge in [0, 0.05) is 30.4 Å². The van der Waals surface area contributed by atoms with Crippen molar-refractivity contribution in [1.29, 1.82) is 0 Å². The van der Waals surface area contributed by atoms with E-state index in [1.165, 1.54) is 42.4 Å². The number of ketones is 1. The number of piperidine rings is 1. The number of Topliss-reactive ketones (excluding diaryl/α,β-unsaturated/α-hetero) is 1. The van der Waals surface area contributed by atoms with Gasteiger partial charge in [0.05, 0.1) is 0 Å². The highest BCUT2D eigenvalue weighted by Crippen LogP contribution is 2.35. The molecule has 3 atom stereocenters. The zero-order valence-corrected chi connectivity index (χ0v) is 17.9. The number of allylic oxidation sites excluding steroid dienone is 2. The fourth-order valence-electron chi connectivity index (χ4n) is 5.04. The number of benzene rings is 1. The van der Waals surface area contributed by atoms with Gasteiger partial charge in [0.1, 0.15) is 0 Å². The molecule has 0 radical (unpaired) electrons. The van der Waals surface area contributed by atoms with Crippen LogP contribution in [-0.2, 0) is 6.42 Å². The molecule has 2 aromatic rings. The summed E-state index contributed by atoms with van der Waals surface area (Å²) in [5, 5.41) is 3.65. The van der Waals surface area contributed by atoms with Crippen molar-refractivity contribution in [2.24, 2.45) is 0 Å². The number of nitrogens with one attached hydrogen (secondary N) is 2. The SMILES string of the molecule is Cc1cnc(C(=O)Cc2ccc(C3C[C@@H](C)N[C@@H](C)C3)cc2C2=CCCCC2)[nH]1. The molecular weight excluding hydrogens is 358 g/mol. The van der Waals surface area contributed by atoms with Crippen LogP contribution in [0.2, 0.25) is 0 Å². The number of aryl methyl sites for hydroxylation is 1. The van der Waals surface area contributed by atoms with Gasteiger partial charge in [-0.15, -0.1) is 0 Å². The molecule has 1 saturated heterocycles. The standard InChI is InChI=1S/C25H33N3O/c1-16-11-22(12-17(2)27-16)20-9-10-21(14-24(29)25-26-15-18(3)28-25)23(13-20)19-7-5-4-6-8-19/h7,9-10,13,15-17,22,27H,4-6,8,11-12,14H2,1-3H3,(H,26,28)/t16-,17+,22?. The van der Waals surface area contributed by atoms with Crippen molar-refractivity contribution < 1.29 is 4.79 Å². The molecule has 2 heterocycles. The van der Waals surface area contributed by atoms with Crippen molar-refractivity contribution in [3.8, 4) is 0 Å². The summed E-state index contributed by atoms with van der Waals surface area (Å²) in [6.45, 7) is 6.50. The minimum absolute atomic E-state index is 0.0626. The minimum atomic E-state index is 0.0626. The van der Waals surface area contributed by atoms with E-state index in [1.807, 2.05) is 6.92 Å². The summed E-state index contributed by atoms with van der Waals surface area (Å²) in [4.78, 5) is 20.1. The van der Waals surface area contributed by atoms with E-state index in [0.29, 0.717) is 30.2 Å². The molecule has 0 spiro atoms. The Morgan fingerprint density at radius 2 is 1.97 bits per heavy atom. The van der Waals surface area contributed by atoms with Crippen molar-refractivity contribution in [2.75, 3.05) is 0 Å². The van der Waals surface area contributed by atoms with Crippen LogP contribution in [0, 0.1) is 6.92 Å². The van der Waals surface area contributed by atoms with Gasteiger partial charge in [-0.2, -0.15) is 0 Å². The normalized spacial score (nSPS) is 24.9. The van der Waals surface area contributed by atoms with Gasteiger partial charge in [0.2, 0.25) is 5.78 Å². The van der Waals surface area contributed by atoms with Crippen molar-refractivity contribution >= 4 is 11.4 Å². The highest BCUT2D eigenvalue weighted by atomic mass is 16.1. The highest BCUT2D eigenvalue weighted by molar-refractivity contribution is 5.95. The molecule has 2 aliphatic rings.